The first kappa shape index (κ1) is 15.7. The monoisotopic (exact) mass is 244 g/mol. The Morgan fingerprint density at radius 3 is 2.18 bits per heavy atom. The van der Waals surface area contributed by atoms with E-state index in [2.05, 4.69) is 10.6 Å². The van der Waals surface area contributed by atoms with Crippen LogP contribution in [-0.4, -0.2) is 29.2 Å². The molecule has 0 aromatic rings. The zero-order chi connectivity index (χ0) is 13.4. The summed E-state index contributed by atoms with van der Waals surface area (Å²) in [5.41, 5.74) is 0. The molecule has 5 nitrogen and oxygen atoms in total. The minimum absolute atomic E-state index is 0.0237. The third kappa shape index (κ3) is 6.81. The molecular formula is C12H24N2O3. The van der Waals surface area contributed by atoms with Gasteiger partial charge in [-0.1, -0.05) is 33.6 Å². The zero-order valence-corrected chi connectivity index (χ0v) is 11.1. The molecule has 0 aliphatic carbocycles. The lowest BCUT2D eigenvalue weighted by Crippen LogP contribution is -2.49. The van der Waals surface area contributed by atoms with Gasteiger partial charge in [0.2, 0.25) is 0 Å². The molecular weight excluding hydrogens is 220 g/mol. The molecule has 0 aromatic carbocycles. The number of carbonyl (C=O) groups excluding carboxylic acids is 1. The van der Waals surface area contributed by atoms with Gasteiger partial charge < -0.3 is 15.7 Å². The van der Waals surface area contributed by atoms with E-state index in [1.807, 2.05) is 27.7 Å². The number of rotatable bonds is 7. The van der Waals surface area contributed by atoms with Crippen molar-refractivity contribution in [1.29, 1.82) is 0 Å². The van der Waals surface area contributed by atoms with E-state index < -0.39 is 18.0 Å². The Balaban J connectivity index is 4.16. The highest BCUT2D eigenvalue weighted by Gasteiger charge is 2.20. The van der Waals surface area contributed by atoms with Crippen LogP contribution in [0.25, 0.3) is 0 Å². The van der Waals surface area contributed by atoms with E-state index >= 15 is 0 Å². The molecule has 100 valence electrons. The largest absolute Gasteiger partial charge is 0.480 e. The molecule has 0 fully saturated rings. The molecule has 2 amide bonds. The first-order chi connectivity index (χ1) is 7.88. The minimum atomic E-state index is -0.981. The van der Waals surface area contributed by atoms with E-state index in [4.69, 9.17) is 5.11 Å². The summed E-state index contributed by atoms with van der Waals surface area (Å²) in [5, 5.41) is 14.2. The highest BCUT2D eigenvalue weighted by Crippen LogP contribution is 2.02. The fraction of sp³-hybridized carbons (Fsp3) is 0.833. The summed E-state index contributed by atoms with van der Waals surface area (Å²) in [5.74, 6) is -0.662. The lowest BCUT2D eigenvalue weighted by Gasteiger charge is -2.20. The minimum Gasteiger partial charge on any atom is -0.480 e. The maximum Gasteiger partial charge on any atom is 0.326 e. The van der Waals surface area contributed by atoms with Crippen LogP contribution in [0.15, 0.2) is 0 Å². The van der Waals surface area contributed by atoms with Crippen molar-refractivity contribution in [2.24, 2.45) is 5.92 Å². The summed E-state index contributed by atoms with van der Waals surface area (Å²) >= 11 is 0. The quantitative estimate of drug-likeness (QED) is 0.640. The van der Waals surface area contributed by atoms with Crippen molar-refractivity contribution in [3.05, 3.63) is 0 Å². The molecule has 0 spiro atoms. The van der Waals surface area contributed by atoms with Crippen molar-refractivity contribution in [2.75, 3.05) is 0 Å². The van der Waals surface area contributed by atoms with Crippen LogP contribution in [-0.2, 0) is 4.79 Å². The van der Waals surface area contributed by atoms with Gasteiger partial charge in [0.05, 0.1) is 0 Å². The predicted octanol–water partition coefficient (Wildman–Crippen LogP) is 1.97. The fourth-order valence-corrected chi connectivity index (χ4v) is 1.24. The molecule has 0 heterocycles. The zero-order valence-electron chi connectivity index (χ0n) is 11.1. The van der Waals surface area contributed by atoms with Crippen molar-refractivity contribution >= 4 is 12.0 Å². The number of carboxylic acids is 1. The molecule has 0 bridgehead atoms. The van der Waals surface area contributed by atoms with Crippen LogP contribution in [0.1, 0.15) is 47.0 Å². The summed E-state index contributed by atoms with van der Waals surface area (Å²) < 4.78 is 0. The molecule has 5 heteroatoms. The number of carboxylic acid groups (broad SMARTS) is 1. The lowest BCUT2D eigenvalue weighted by molar-refractivity contribution is -0.139. The Hall–Kier alpha value is -1.26. The second-order valence-corrected chi connectivity index (χ2v) is 4.68. The van der Waals surface area contributed by atoms with Gasteiger partial charge in [-0.25, -0.2) is 9.59 Å². The number of amides is 2. The van der Waals surface area contributed by atoms with E-state index in [0.29, 0.717) is 12.3 Å². The van der Waals surface area contributed by atoms with Crippen LogP contribution in [0.5, 0.6) is 0 Å². The van der Waals surface area contributed by atoms with Crippen LogP contribution in [0.4, 0.5) is 4.79 Å². The van der Waals surface area contributed by atoms with Crippen molar-refractivity contribution in [1.82, 2.24) is 10.6 Å². The number of unbranched alkanes of at least 4 members (excludes halogenated alkanes) is 1. The number of hydrogen-bond acceptors (Lipinski definition) is 2. The van der Waals surface area contributed by atoms with Crippen molar-refractivity contribution < 1.29 is 14.7 Å². The van der Waals surface area contributed by atoms with Crippen LogP contribution in [0, 0.1) is 5.92 Å². The van der Waals surface area contributed by atoms with Crippen molar-refractivity contribution in [3.63, 3.8) is 0 Å². The third-order valence-electron chi connectivity index (χ3n) is 2.81. The van der Waals surface area contributed by atoms with Gasteiger partial charge in [0, 0.05) is 6.04 Å². The molecule has 0 aromatic heterocycles. The van der Waals surface area contributed by atoms with E-state index in [9.17, 15) is 9.59 Å². The molecule has 0 rings (SSSR count). The molecule has 0 saturated heterocycles. The average Bonchev–Trinajstić information content (AvgIpc) is 2.23. The molecule has 17 heavy (non-hydrogen) atoms. The highest BCUT2D eigenvalue weighted by molar-refractivity contribution is 5.82. The number of carbonyl (C=O) groups is 2. The standard InChI is InChI=1S/C12H24N2O3/c1-5-6-7-10(11(15)16)14-12(17)13-9(4)8(2)3/h8-10H,5-7H2,1-4H3,(H,15,16)(H2,13,14,17). The van der Waals surface area contributed by atoms with Gasteiger partial charge in [-0.2, -0.15) is 0 Å². The van der Waals surface area contributed by atoms with Gasteiger partial charge in [0.25, 0.3) is 0 Å². The van der Waals surface area contributed by atoms with E-state index in [0.717, 1.165) is 12.8 Å². The molecule has 0 aliphatic rings. The Bertz CT molecular complexity index is 254. The maximum atomic E-state index is 11.6. The van der Waals surface area contributed by atoms with Gasteiger partial charge in [-0.15, -0.1) is 0 Å². The first-order valence-electron chi connectivity index (χ1n) is 6.18. The van der Waals surface area contributed by atoms with Crippen molar-refractivity contribution in [3.8, 4) is 0 Å². The molecule has 2 atom stereocenters. The fourth-order valence-electron chi connectivity index (χ4n) is 1.24. The molecule has 0 aliphatic heterocycles. The maximum absolute atomic E-state index is 11.6. The Morgan fingerprint density at radius 1 is 1.18 bits per heavy atom. The molecule has 3 N–H and O–H groups in total. The lowest BCUT2D eigenvalue weighted by atomic mass is 10.1. The number of aliphatic carboxylic acids is 1. The van der Waals surface area contributed by atoms with Crippen molar-refractivity contribution in [2.45, 2.75) is 59.0 Å². The number of hydrogen-bond donors (Lipinski definition) is 3. The second kappa shape index (κ2) is 7.92. The molecule has 0 saturated carbocycles. The number of urea groups is 1. The second-order valence-electron chi connectivity index (χ2n) is 4.68. The predicted molar refractivity (Wildman–Crippen MR) is 66.9 cm³/mol. The smallest absolute Gasteiger partial charge is 0.326 e. The van der Waals surface area contributed by atoms with E-state index in [1.54, 1.807) is 0 Å². The van der Waals surface area contributed by atoms with Crippen LogP contribution < -0.4 is 10.6 Å². The number of nitrogens with one attached hydrogen (secondary N) is 2. The highest BCUT2D eigenvalue weighted by atomic mass is 16.4. The van der Waals surface area contributed by atoms with Gasteiger partial charge in [0.15, 0.2) is 0 Å². The summed E-state index contributed by atoms with van der Waals surface area (Å²) in [6, 6.07) is -1.18. The van der Waals surface area contributed by atoms with Gasteiger partial charge in [-0.3, -0.25) is 0 Å². The topological polar surface area (TPSA) is 78.4 Å². The normalized spacial score (nSPS) is 14.2. The molecule has 0 radical (unpaired) electrons. The molecule has 2 unspecified atom stereocenters. The SMILES string of the molecule is CCCCC(NC(=O)NC(C)C(C)C)C(=O)O. The Kier molecular flexibility index (Phi) is 7.34. The van der Waals surface area contributed by atoms with Gasteiger partial charge >= 0.3 is 12.0 Å². The van der Waals surface area contributed by atoms with E-state index in [1.165, 1.54) is 0 Å². The summed E-state index contributed by atoms with van der Waals surface area (Å²) in [6.45, 7) is 7.87. The summed E-state index contributed by atoms with van der Waals surface area (Å²) in [6.07, 6.45) is 2.17. The Labute approximate surface area is 103 Å². The van der Waals surface area contributed by atoms with Crippen LogP contribution in [0.2, 0.25) is 0 Å². The summed E-state index contributed by atoms with van der Waals surface area (Å²) in [7, 11) is 0. The average molecular weight is 244 g/mol. The first-order valence-corrected chi connectivity index (χ1v) is 6.18. The Morgan fingerprint density at radius 2 is 1.76 bits per heavy atom. The summed E-state index contributed by atoms with van der Waals surface area (Å²) in [4.78, 5) is 22.5. The van der Waals surface area contributed by atoms with E-state index in [-0.39, 0.29) is 6.04 Å². The third-order valence-corrected chi connectivity index (χ3v) is 2.81. The van der Waals surface area contributed by atoms with Crippen LogP contribution >= 0.6 is 0 Å². The van der Waals surface area contributed by atoms with Crippen LogP contribution in [0.3, 0.4) is 0 Å². The van der Waals surface area contributed by atoms with Gasteiger partial charge in [0.1, 0.15) is 6.04 Å². The van der Waals surface area contributed by atoms with Gasteiger partial charge in [-0.05, 0) is 19.3 Å².